The molecule has 1 atom stereocenters. The van der Waals surface area contributed by atoms with E-state index in [1.165, 1.54) is 24.1 Å². The SMILES string of the molecule is COc1ccc([N+](=O)[O-])cc1N(CC(=O)N(Cc1cccc(C)c1)C(C)C(=O)NC1CCCC1)S(C)(=O)=O. The van der Waals surface area contributed by atoms with Crippen LogP contribution in [0, 0.1) is 17.0 Å². The summed E-state index contributed by atoms with van der Waals surface area (Å²) < 4.78 is 31.7. The number of aryl methyl sites for hydroxylation is 1. The lowest BCUT2D eigenvalue weighted by molar-refractivity contribution is -0.384. The summed E-state index contributed by atoms with van der Waals surface area (Å²) in [4.78, 5) is 38.9. The topological polar surface area (TPSA) is 139 Å². The molecule has 1 unspecified atom stereocenters. The lowest BCUT2D eigenvalue weighted by atomic mass is 10.1. The maximum Gasteiger partial charge on any atom is 0.271 e. The molecule has 12 heteroatoms. The number of nitrogens with zero attached hydrogens (tertiary/aromatic N) is 3. The Balaban J connectivity index is 1.97. The highest BCUT2D eigenvalue weighted by atomic mass is 32.2. The van der Waals surface area contributed by atoms with Gasteiger partial charge in [0, 0.05) is 24.7 Å². The van der Waals surface area contributed by atoms with E-state index in [9.17, 15) is 28.1 Å². The summed E-state index contributed by atoms with van der Waals surface area (Å²) in [6.45, 7) is 2.91. The summed E-state index contributed by atoms with van der Waals surface area (Å²) in [6.07, 6.45) is 4.70. The molecular weight excluding hydrogens is 512 g/mol. The first kappa shape index (κ1) is 28.9. The lowest BCUT2D eigenvalue weighted by Crippen LogP contribution is -2.52. The van der Waals surface area contributed by atoms with E-state index in [2.05, 4.69) is 5.32 Å². The number of benzene rings is 2. The van der Waals surface area contributed by atoms with Gasteiger partial charge in [-0.3, -0.25) is 24.0 Å². The summed E-state index contributed by atoms with van der Waals surface area (Å²) >= 11 is 0. The first-order chi connectivity index (χ1) is 17.9. The summed E-state index contributed by atoms with van der Waals surface area (Å²) in [6, 6.07) is 10.1. The largest absolute Gasteiger partial charge is 0.495 e. The van der Waals surface area contributed by atoms with E-state index in [1.807, 2.05) is 31.2 Å². The fourth-order valence-electron chi connectivity index (χ4n) is 4.56. The van der Waals surface area contributed by atoms with Gasteiger partial charge in [-0.15, -0.1) is 0 Å². The molecule has 0 spiro atoms. The molecule has 38 heavy (non-hydrogen) atoms. The van der Waals surface area contributed by atoms with Gasteiger partial charge in [-0.2, -0.15) is 0 Å². The third-order valence-electron chi connectivity index (χ3n) is 6.63. The number of anilines is 1. The van der Waals surface area contributed by atoms with E-state index >= 15 is 0 Å². The van der Waals surface area contributed by atoms with Gasteiger partial charge in [0.1, 0.15) is 24.0 Å². The van der Waals surface area contributed by atoms with Gasteiger partial charge < -0.3 is 15.0 Å². The maximum atomic E-state index is 13.7. The molecule has 206 valence electrons. The normalized spacial score (nSPS) is 14.5. The van der Waals surface area contributed by atoms with Crippen LogP contribution in [0.25, 0.3) is 0 Å². The van der Waals surface area contributed by atoms with Gasteiger partial charge in [0.05, 0.1) is 18.3 Å². The fraction of sp³-hybridized carbons (Fsp3) is 0.462. The number of hydrogen-bond acceptors (Lipinski definition) is 7. The highest BCUT2D eigenvalue weighted by Crippen LogP contribution is 2.34. The third-order valence-corrected chi connectivity index (χ3v) is 7.75. The van der Waals surface area contributed by atoms with E-state index in [0.717, 1.165) is 53.4 Å². The average Bonchev–Trinajstić information content (AvgIpc) is 3.37. The van der Waals surface area contributed by atoms with Crippen molar-refractivity contribution in [3.05, 3.63) is 63.7 Å². The van der Waals surface area contributed by atoms with Crippen molar-refractivity contribution in [1.29, 1.82) is 0 Å². The number of rotatable bonds is 11. The molecule has 0 heterocycles. The zero-order valence-corrected chi connectivity index (χ0v) is 22.9. The molecule has 2 aromatic rings. The van der Waals surface area contributed by atoms with Crippen LogP contribution in [0.5, 0.6) is 5.75 Å². The molecule has 0 aliphatic heterocycles. The minimum Gasteiger partial charge on any atom is -0.495 e. The minimum atomic E-state index is -4.08. The van der Waals surface area contributed by atoms with Crippen LogP contribution in [-0.2, 0) is 26.2 Å². The van der Waals surface area contributed by atoms with Crippen molar-refractivity contribution in [1.82, 2.24) is 10.2 Å². The molecule has 0 radical (unpaired) electrons. The van der Waals surface area contributed by atoms with Crippen LogP contribution in [0.2, 0.25) is 0 Å². The first-order valence-corrected chi connectivity index (χ1v) is 14.2. The van der Waals surface area contributed by atoms with Crippen molar-refractivity contribution in [2.45, 2.75) is 58.2 Å². The van der Waals surface area contributed by atoms with Crippen LogP contribution >= 0.6 is 0 Å². The van der Waals surface area contributed by atoms with Crippen molar-refractivity contribution in [3.63, 3.8) is 0 Å². The van der Waals surface area contributed by atoms with Gasteiger partial charge in [0.15, 0.2) is 0 Å². The molecule has 2 amide bonds. The maximum absolute atomic E-state index is 13.7. The highest BCUT2D eigenvalue weighted by molar-refractivity contribution is 7.92. The van der Waals surface area contributed by atoms with Gasteiger partial charge in [0.25, 0.3) is 5.69 Å². The number of nitro groups is 1. The molecular formula is C26H34N4O7S. The molecule has 1 fully saturated rings. The van der Waals surface area contributed by atoms with Gasteiger partial charge in [0.2, 0.25) is 21.8 Å². The lowest BCUT2D eigenvalue weighted by Gasteiger charge is -2.32. The van der Waals surface area contributed by atoms with E-state index in [4.69, 9.17) is 4.74 Å². The van der Waals surface area contributed by atoms with E-state index in [1.54, 1.807) is 6.92 Å². The average molecular weight is 547 g/mol. The smallest absolute Gasteiger partial charge is 0.271 e. The van der Waals surface area contributed by atoms with Crippen LogP contribution in [0.4, 0.5) is 11.4 Å². The Bertz CT molecular complexity index is 1290. The zero-order chi connectivity index (χ0) is 28.0. The number of hydrogen-bond donors (Lipinski definition) is 1. The summed E-state index contributed by atoms with van der Waals surface area (Å²) in [5.74, 6) is -0.914. The molecule has 0 aromatic heterocycles. The van der Waals surface area contributed by atoms with Gasteiger partial charge >= 0.3 is 0 Å². The number of methoxy groups -OCH3 is 1. The van der Waals surface area contributed by atoms with E-state index < -0.39 is 33.4 Å². The molecule has 0 bridgehead atoms. The van der Waals surface area contributed by atoms with Crippen LogP contribution < -0.4 is 14.4 Å². The van der Waals surface area contributed by atoms with Crippen molar-refractivity contribution in [2.24, 2.45) is 0 Å². The Morgan fingerprint density at radius 3 is 2.45 bits per heavy atom. The Morgan fingerprint density at radius 1 is 1.18 bits per heavy atom. The summed E-state index contributed by atoms with van der Waals surface area (Å²) in [5, 5.41) is 14.4. The van der Waals surface area contributed by atoms with Gasteiger partial charge in [-0.25, -0.2) is 8.42 Å². The highest BCUT2D eigenvalue weighted by Gasteiger charge is 2.33. The number of non-ortho nitro benzene ring substituents is 1. The molecule has 1 saturated carbocycles. The van der Waals surface area contributed by atoms with Crippen LogP contribution in [0.1, 0.15) is 43.7 Å². The van der Waals surface area contributed by atoms with Crippen molar-refractivity contribution in [3.8, 4) is 5.75 Å². The van der Waals surface area contributed by atoms with Crippen LogP contribution in [-0.4, -0.2) is 62.0 Å². The first-order valence-electron chi connectivity index (χ1n) is 12.4. The van der Waals surface area contributed by atoms with Gasteiger partial charge in [-0.1, -0.05) is 42.7 Å². The minimum absolute atomic E-state index is 0.0440. The number of carbonyl (C=O) groups is 2. The van der Waals surface area contributed by atoms with Crippen LogP contribution in [0.15, 0.2) is 42.5 Å². The Kier molecular flexibility index (Phi) is 9.31. The monoisotopic (exact) mass is 546 g/mol. The summed E-state index contributed by atoms with van der Waals surface area (Å²) in [5.41, 5.74) is 1.24. The third kappa shape index (κ3) is 7.21. The second kappa shape index (κ2) is 12.2. The number of amides is 2. The van der Waals surface area contributed by atoms with E-state index in [0.29, 0.717) is 0 Å². The number of nitrogens with one attached hydrogen (secondary N) is 1. The molecule has 1 aliphatic rings. The number of sulfonamides is 1. The molecule has 1 N–H and O–H groups in total. The molecule has 1 aliphatic carbocycles. The number of ether oxygens (including phenoxy) is 1. The van der Waals surface area contributed by atoms with Crippen molar-refractivity contribution >= 4 is 33.2 Å². The molecule has 0 saturated heterocycles. The van der Waals surface area contributed by atoms with Crippen molar-refractivity contribution < 1.29 is 27.7 Å². The number of nitro benzene ring substituents is 1. The molecule has 11 nitrogen and oxygen atoms in total. The Morgan fingerprint density at radius 2 is 1.87 bits per heavy atom. The fourth-order valence-corrected chi connectivity index (χ4v) is 5.41. The zero-order valence-electron chi connectivity index (χ0n) is 22.0. The standard InChI is InChI=1S/C26H34N4O7S/c1-18-8-7-9-20(14-18)16-28(19(2)26(32)27-21-10-5-6-11-21)25(31)17-29(38(4,35)36)23-15-22(30(33)34)12-13-24(23)37-3/h7-9,12-15,19,21H,5-6,10-11,16-17H2,1-4H3,(H,27,32). The van der Waals surface area contributed by atoms with E-state index in [-0.39, 0.29) is 35.6 Å². The predicted octanol–water partition coefficient (Wildman–Crippen LogP) is 3.15. The Hall–Kier alpha value is -3.67. The second-order valence-corrected chi connectivity index (χ2v) is 11.5. The predicted molar refractivity (Wildman–Crippen MR) is 143 cm³/mol. The second-order valence-electron chi connectivity index (χ2n) is 9.56. The van der Waals surface area contributed by atoms with Gasteiger partial charge in [-0.05, 0) is 38.3 Å². The quantitative estimate of drug-likeness (QED) is 0.337. The molecule has 3 rings (SSSR count). The van der Waals surface area contributed by atoms with Crippen molar-refractivity contribution in [2.75, 3.05) is 24.2 Å². The summed E-state index contributed by atoms with van der Waals surface area (Å²) in [7, 11) is -2.79. The Labute approximate surface area is 223 Å². The number of carbonyl (C=O) groups excluding carboxylic acids is 2. The van der Waals surface area contributed by atoms with Crippen LogP contribution in [0.3, 0.4) is 0 Å². The molecule has 2 aromatic carbocycles.